The zero-order chi connectivity index (χ0) is 15.5. The summed E-state index contributed by atoms with van der Waals surface area (Å²) >= 11 is 0. The van der Waals surface area contributed by atoms with Gasteiger partial charge in [0.2, 0.25) is 0 Å². The van der Waals surface area contributed by atoms with Gasteiger partial charge in [0.05, 0.1) is 0 Å². The number of pyridine rings is 1. The zero-order valence-electron chi connectivity index (χ0n) is 12.1. The van der Waals surface area contributed by atoms with E-state index in [9.17, 15) is 14.4 Å². The highest BCUT2D eigenvalue weighted by atomic mass is 16.3. The van der Waals surface area contributed by atoms with Crippen molar-refractivity contribution >= 4 is 22.1 Å². The first-order valence-electron chi connectivity index (χ1n) is 6.46. The minimum atomic E-state index is -0.507. The van der Waals surface area contributed by atoms with Crippen LogP contribution in [0, 0.1) is 0 Å². The van der Waals surface area contributed by atoms with E-state index in [0.29, 0.717) is 12.3 Å². The number of nitrogens with zero attached hydrogens (tertiary/aromatic N) is 4. The smallest absolute Gasteiger partial charge is 0.332 e. The number of fused-ring (bicyclic) bond motifs is 3. The molecule has 0 bridgehead atoms. The van der Waals surface area contributed by atoms with Crippen molar-refractivity contribution in [2.75, 3.05) is 0 Å². The second kappa shape index (κ2) is 4.18. The van der Waals surface area contributed by atoms with Crippen molar-refractivity contribution in [2.24, 2.45) is 21.1 Å². The summed E-state index contributed by atoms with van der Waals surface area (Å²) in [6, 6.07) is 0. The lowest BCUT2D eigenvalue weighted by Gasteiger charge is -2.10. The second-order valence-electron chi connectivity index (χ2n) is 4.91. The van der Waals surface area contributed by atoms with E-state index < -0.39 is 16.8 Å². The molecule has 3 aromatic heterocycles. The van der Waals surface area contributed by atoms with Gasteiger partial charge in [0, 0.05) is 27.6 Å². The van der Waals surface area contributed by atoms with Crippen LogP contribution in [0.3, 0.4) is 0 Å². The third-order valence-electron chi connectivity index (χ3n) is 3.66. The van der Waals surface area contributed by atoms with Crippen molar-refractivity contribution < 1.29 is 4.42 Å². The van der Waals surface area contributed by atoms with Gasteiger partial charge in [0.15, 0.2) is 17.0 Å². The van der Waals surface area contributed by atoms with Crippen LogP contribution in [0.25, 0.3) is 22.1 Å². The Kier molecular flexibility index (Phi) is 2.65. The molecule has 0 aliphatic heterocycles. The summed E-state index contributed by atoms with van der Waals surface area (Å²) in [5.41, 5.74) is -0.938. The molecule has 0 amide bonds. The van der Waals surface area contributed by atoms with Gasteiger partial charge in [-0.1, -0.05) is 6.92 Å². The molecule has 8 heteroatoms. The molecule has 0 saturated carbocycles. The van der Waals surface area contributed by atoms with Crippen molar-refractivity contribution in [1.82, 2.24) is 18.7 Å². The molecule has 110 valence electrons. The number of hydrogen-bond donors (Lipinski definition) is 0. The maximum Gasteiger partial charge on any atom is 0.332 e. The van der Waals surface area contributed by atoms with Gasteiger partial charge in [0.25, 0.3) is 11.1 Å². The molecule has 3 rings (SSSR count). The third-order valence-corrected chi connectivity index (χ3v) is 3.66. The lowest BCUT2D eigenvalue weighted by atomic mass is 10.3. The average Bonchev–Trinajstić information content (AvgIpc) is 2.90. The minimum absolute atomic E-state index is 0.109. The maximum atomic E-state index is 12.4. The molecule has 0 unspecified atom stereocenters. The van der Waals surface area contributed by atoms with Crippen molar-refractivity contribution in [2.45, 2.75) is 13.3 Å². The van der Waals surface area contributed by atoms with Crippen molar-refractivity contribution in [3.63, 3.8) is 0 Å². The molecule has 0 fully saturated rings. The van der Waals surface area contributed by atoms with Gasteiger partial charge in [-0.3, -0.25) is 23.3 Å². The van der Waals surface area contributed by atoms with Gasteiger partial charge >= 0.3 is 5.69 Å². The third kappa shape index (κ3) is 1.55. The van der Waals surface area contributed by atoms with Crippen LogP contribution in [0.5, 0.6) is 0 Å². The molecule has 21 heavy (non-hydrogen) atoms. The van der Waals surface area contributed by atoms with Crippen LogP contribution in [-0.4, -0.2) is 18.7 Å². The Balaban J connectivity index is 2.81. The second-order valence-corrected chi connectivity index (χ2v) is 4.91. The van der Waals surface area contributed by atoms with Gasteiger partial charge in [-0.25, -0.2) is 9.78 Å². The highest BCUT2D eigenvalue weighted by Gasteiger charge is 2.21. The van der Waals surface area contributed by atoms with E-state index in [1.165, 1.54) is 30.3 Å². The van der Waals surface area contributed by atoms with Crippen LogP contribution < -0.4 is 16.8 Å². The van der Waals surface area contributed by atoms with Gasteiger partial charge in [-0.2, -0.15) is 0 Å². The summed E-state index contributed by atoms with van der Waals surface area (Å²) in [4.78, 5) is 40.9. The topological polar surface area (TPSA) is 92.0 Å². The number of rotatable bonds is 1. The van der Waals surface area contributed by atoms with E-state index in [1.807, 2.05) is 6.92 Å². The Morgan fingerprint density at radius 3 is 2.29 bits per heavy atom. The first-order chi connectivity index (χ1) is 9.88. The minimum Gasteiger partial charge on any atom is -0.439 e. The van der Waals surface area contributed by atoms with E-state index in [1.54, 1.807) is 0 Å². The largest absolute Gasteiger partial charge is 0.439 e. The van der Waals surface area contributed by atoms with Crippen molar-refractivity contribution in [3.05, 3.63) is 37.1 Å². The predicted molar refractivity (Wildman–Crippen MR) is 76.6 cm³/mol. The van der Waals surface area contributed by atoms with Gasteiger partial charge in [0.1, 0.15) is 11.0 Å². The zero-order valence-corrected chi connectivity index (χ0v) is 12.1. The Labute approximate surface area is 117 Å². The molecule has 8 nitrogen and oxygen atoms in total. The van der Waals surface area contributed by atoms with E-state index in [0.717, 1.165) is 4.57 Å². The monoisotopic (exact) mass is 290 g/mol. The SMILES string of the molecule is CCc1nc2c(=O)n(C)c3c(c(=O)n(C)c(=O)n3C)c2o1. The van der Waals surface area contributed by atoms with E-state index in [4.69, 9.17) is 4.42 Å². The standard InChI is InChI=1S/C13H14N4O4/c1-5-6-14-8-9(21-6)7-10(15(2)12(8)19)16(3)13(20)17(4)11(7)18/h5H2,1-4H3. The normalized spacial score (nSPS) is 11.6. The number of hydrogen-bond acceptors (Lipinski definition) is 5. The van der Waals surface area contributed by atoms with Crippen LogP contribution in [0.15, 0.2) is 18.8 Å². The van der Waals surface area contributed by atoms with E-state index in [-0.39, 0.29) is 22.1 Å². The van der Waals surface area contributed by atoms with Crippen LogP contribution in [0.1, 0.15) is 12.8 Å². The number of oxazole rings is 1. The Morgan fingerprint density at radius 1 is 1.00 bits per heavy atom. The quantitative estimate of drug-likeness (QED) is 0.610. The molecule has 0 spiro atoms. The summed E-state index contributed by atoms with van der Waals surface area (Å²) in [7, 11) is 4.40. The van der Waals surface area contributed by atoms with Gasteiger partial charge < -0.3 is 4.42 Å². The van der Waals surface area contributed by atoms with Crippen molar-refractivity contribution in [1.29, 1.82) is 0 Å². The molecular weight excluding hydrogens is 276 g/mol. The Morgan fingerprint density at radius 2 is 1.67 bits per heavy atom. The fraction of sp³-hybridized carbons (Fsp3) is 0.385. The van der Waals surface area contributed by atoms with Crippen LogP contribution in [-0.2, 0) is 27.6 Å². The summed E-state index contributed by atoms with van der Waals surface area (Å²) < 4.78 is 9.04. The molecule has 0 atom stereocenters. The average molecular weight is 290 g/mol. The van der Waals surface area contributed by atoms with Crippen LogP contribution in [0.4, 0.5) is 0 Å². The number of aromatic nitrogens is 4. The maximum absolute atomic E-state index is 12.4. The Hall–Kier alpha value is -2.64. The molecule has 0 N–H and O–H groups in total. The van der Waals surface area contributed by atoms with Crippen molar-refractivity contribution in [3.8, 4) is 0 Å². The fourth-order valence-electron chi connectivity index (χ4n) is 2.51. The Bertz CT molecular complexity index is 1060. The van der Waals surface area contributed by atoms with Gasteiger partial charge in [-0.05, 0) is 0 Å². The van der Waals surface area contributed by atoms with E-state index in [2.05, 4.69) is 4.98 Å². The van der Waals surface area contributed by atoms with Crippen LogP contribution in [0.2, 0.25) is 0 Å². The molecule has 0 aliphatic rings. The molecular formula is C13H14N4O4. The predicted octanol–water partition coefficient (Wildman–Crippen LogP) is -0.361. The molecule has 0 radical (unpaired) electrons. The lowest BCUT2D eigenvalue weighted by Crippen LogP contribution is -2.39. The molecule has 0 saturated heterocycles. The van der Waals surface area contributed by atoms with E-state index >= 15 is 0 Å². The molecule has 3 heterocycles. The highest BCUT2D eigenvalue weighted by molar-refractivity contribution is 5.98. The van der Waals surface area contributed by atoms with Crippen LogP contribution >= 0.6 is 0 Å². The lowest BCUT2D eigenvalue weighted by molar-refractivity contribution is 0.539. The fourth-order valence-corrected chi connectivity index (χ4v) is 2.51. The highest BCUT2D eigenvalue weighted by Crippen LogP contribution is 2.19. The number of aryl methyl sites for hydroxylation is 3. The summed E-state index contributed by atoms with van der Waals surface area (Å²) in [5.74, 6) is 0.380. The first-order valence-corrected chi connectivity index (χ1v) is 6.46. The summed E-state index contributed by atoms with van der Waals surface area (Å²) in [6.45, 7) is 1.84. The molecule has 0 aromatic carbocycles. The summed E-state index contributed by atoms with van der Waals surface area (Å²) in [6.07, 6.45) is 0.505. The molecule has 0 aliphatic carbocycles. The molecule has 3 aromatic rings. The first kappa shape index (κ1) is 13.3. The van der Waals surface area contributed by atoms with Gasteiger partial charge in [-0.15, -0.1) is 0 Å². The summed E-state index contributed by atoms with van der Waals surface area (Å²) in [5, 5.41) is 0.184.